The quantitative estimate of drug-likeness (QED) is 0.766. The van der Waals surface area contributed by atoms with E-state index >= 15 is 0 Å². The highest BCUT2D eigenvalue weighted by Gasteiger charge is 2.16. The molecule has 15 heavy (non-hydrogen) atoms. The van der Waals surface area contributed by atoms with E-state index in [1.807, 2.05) is 6.07 Å². The summed E-state index contributed by atoms with van der Waals surface area (Å²) in [4.78, 5) is 10.3. The Morgan fingerprint density at radius 1 is 1.60 bits per heavy atom. The summed E-state index contributed by atoms with van der Waals surface area (Å²) in [7, 11) is 0. The van der Waals surface area contributed by atoms with Gasteiger partial charge in [-0.25, -0.2) is 9.97 Å². The number of hydrogen-bond donors (Lipinski definition) is 1. The molecule has 0 amide bonds. The summed E-state index contributed by atoms with van der Waals surface area (Å²) in [6.45, 7) is 2.85. The predicted octanol–water partition coefficient (Wildman–Crippen LogP) is 1.05. The number of likely N-dealkylation sites (tertiary alicyclic amines) is 1. The molecule has 2 rings (SSSR count). The smallest absolute Gasteiger partial charge is 0.222 e. The molecule has 0 unspecified atom stereocenters. The molecule has 0 aliphatic carbocycles. The number of nitrogens with zero attached hydrogens (tertiary/aromatic N) is 3. The average Bonchev–Trinajstić information content (AvgIpc) is 2.17. The number of rotatable bonds is 2. The van der Waals surface area contributed by atoms with E-state index in [9.17, 15) is 0 Å². The van der Waals surface area contributed by atoms with Gasteiger partial charge in [-0.05, 0) is 37.1 Å². The summed E-state index contributed by atoms with van der Waals surface area (Å²) in [5, 5.41) is 0.314. The maximum absolute atomic E-state index is 5.91. The van der Waals surface area contributed by atoms with Gasteiger partial charge in [-0.3, -0.25) is 4.90 Å². The molecule has 5 heteroatoms. The lowest BCUT2D eigenvalue weighted by Gasteiger charge is -2.30. The fourth-order valence-corrected chi connectivity index (χ4v) is 2.09. The molecule has 0 aromatic carbocycles. The zero-order valence-electron chi connectivity index (χ0n) is 8.56. The van der Waals surface area contributed by atoms with Crippen LogP contribution in [0.25, 0.3) is 0 Å². The fraction of sp³-hybridized carbons (Fsp3) is 0.600. The Kier molecular flexibility index (Phi) is 3.51. The molecule has 0 bridgehead atoms. The third-order valence-electron chi connectivity index (χ3n) is 2.61. The first-order chi connectivity index (χ1) is 7.24. The number of piperidine rings is 1. The zero-order chi connectivity index (χ0) is 10.7. The lowest BCUT2D eigenvalue weighted by molar-refractivity contribution is 0.199. The van der Waals surface area contributed by atoms with Crippen LogP contribution < -0.4 is 5.73 Å². The molecular weight excluding hydrogens is 212 g/mol. The van der Waals surface area contributed by atoms with E-state index in [1.165, 1.54) is 6.42 Å². The second-order valence-corrected chi connectivity index (χ2v) is 4.29. The number of halogens is 1. The van der Waals surface area contributed by atoms with Gasteiger partial charge >= 0.3 is 0 Å². The van der Waals surface area contributed by atoms with Crippen LogP contribution in [0.4, 0.5) is 0 Å². The Hall–Kier alpha value is -0.710. The molecule has 1 atom stereocenters. The van der Waals surface area contributed by atoms with Crippen molar-refractivity contribution in [2.75, 3.05) is 13.1 Å². The van der Waals surface area contributed by atoms with Crippen molar-refractivity contribution in [2.45, 2.75) is 25.4 Å². The van der Waals surface area contributed by atoms with Gasteiger partial charge in [0.1, 0.15) is 0 Å². The van der Waals surface area contributed by atoms with Crippen LogP contribution in [0.1, 0.15) is 18.5 Å². The Bertz CT molecular complexity index is 331. The summed E-state index contributed by atoms with van der Waals surface area (Å²) in [5.41, 5.74) is 6.87. The molecule has 2 heterocycles. The first-order valence-electron chi connectivity index (χ1n) is 5.19. The Morgan fingerprint density at radius 2 is 2.47 bits per heavy atom. The van der Waals surface area contributed by atoms with Crippen molar-refractivity contribution in [3.63, 3.8) is 0 Å². The van der Waals surface area contributed by atoms with E-state index < -0.39 is 0 Å². The van der Waals surface area contributed by atoms with Crippen molar-refractivity contribution < 1.29 is 0 Å². The van der Waals surface area contributed by atoms with E-state index in [0.717, 1.165) is 31.7 Å². The lowest BCUT2D eigenvalue weighted by atomic mass is 10.1. The topological polar surface area (TPSA) is 55.0 Å². The molecule has 1 saturated heterocycles. The molecule has 1 aliphatic heterocycles. The fourth-order valence-electron chi connectivity index (χ4n) is 1.92. The van der Waals surface area contributed by atoms with Crippen LogP contribution in [0.15, 0.2) is 12.3 Å². The Morgan fingerprint density at radius 3 is 3.20 bits per heavy atom. The standard InChI is InChI=1S/C10H15ClN4/c11-10-13-4-3-9(14-10)7-15-5-1-2-8(12)6-15/h3-4,8H,1-2,5-7,12H2/t8-/m0/s1. The monoisotopic (exact) mass is 226 g/mol. The molecule has 1 fully saturated rings. The molecule has 1 aliphatic rings. The van der Waals surface area contributed by atoms with Crippen molar-refractivity contribution in [3.05, 3.63) is 23.2 Å². The minimum atomic E-state index is 0.302. The van der Waals surface area contributed by atoms with Crippen LogP contribution in [0.5, 0.6) is 0 Å². The number of hydrogen-bond acceptors (Lipinski definition) is 4. The summed E-state index contributed by atoms with van der Waals surface area (Å²) < 4.78 is 0. The zero-order valence-corrected chi connectivity index (χ0v) is 9.32. The molecule has 82 valence electrons. The third-order valence-corrected chi connectivity index (χ3v) is 2.79. The van der Waals surface area contributed by atoms with Crippen LogP contribution in [0.2, 0.25) is 5.28 Å². The van der Waals surface area contributed by atoms with Gasteiger partial charge < -0.3 is 5.73 Å². The molecule has 2 N–H and O–H groups in total. The number of nitrogens with two attached hydrogens (primary N) is 1. The molecule has 1 aromatic rings. The van der Waals surface area contributed by atoms with Gasteiger partial charge in [0, 0.05) is 25.3 Å². The number of aromatic nitrogens is 2. The summed E-state index contributed by atoms with van der Waals surface area (Å²) in [6, 6.07) is 2.20. The van der Waals surface area contributed by atoms with Gasteiger partial charge in [0.15, 0.2) is 0 Å². The van der Waals surface area contributed by atoms with Gasteiger partial charge in [-0.2, -0.15) is 0 Å². The second-order valence-electron chi connectivity index (χ2n) is 3.95. The van der Waals surface area contributed by atoms with Crippen molar-refractivity contribution in [3.8, 4) is 0 Å². The maximum Gasteiger partial charge on any atom is 0.222 e. The van der Waals surface area contributed by atoms with Gasteiger partial charge in [-0.15, -0.1) is 0 Å². The first kappa shape index (κ1) is 10.8. The maximum atomic E-state index is 5.91. The van der Waals surface area contributed by atoms with Crippen LogP contribution in [-0.2, 0) is 6.54 Å². The van der Waals surface area contributed by atoms with E-state index in [2.05, 4.69) is 14.9 Å². The van der Waals surface area contributed by atoms with Gasteiger partial charge in [0.05, 0.1) is 5.69 Å². The van der Waals surface area contributed by atoms with E-state index in [-0.39, 0.29) is 0 Å². The van der Waals surface area contributed by atoms with Gasteiger partial charge in [-0.1, -0.05) is 0 Å². The SMILES string of the molecule is N[C@H]1CCCN(Cc2ccnc(Cl)n2)C1. The highest BCUT2D eigenvalue weighted by atomic mass is 35.5. The lowest BCUT2D eigenvalue weighted by Crippen LogP contribution is -2.42. The Balaban J connectivity index is 1.96. The van der Waals surface area contributed by atoms with E-state index in [4.69, 9.17) is 17.3 Å². The van der Waals surface area contributed by atoms with Crippen molar-refractivity contribution in [1.29, 1.82) is 0 Å². The molecule has 0 radical (unpaired) electrons. The minimum absolute atomic E-state index is 0.302. The normalized spacial score (nSPS) is 22.9. The molecule has 0 spiro atoms. The second kappa shape index (κ2) is 4.88. The van der Waals surface area contributed by atoms with E-state index in [0.29, 0.717) is 11.3 Å². The molecule has 0 saturated carbocycles. The van der Waals surface area contributed by atoms with Gasteiger partial charge in [0.2, 0.25) is 5.28 Å². The molecular formula is C10H15ClN4. The highest BCUT2D eigenvalue weighted by Crippen LogP contribution is 2.11. The average molecular weight is 227 g/mol. The largest absolute Gasteiger partial charge is 0.327 e. The van der Waals surface area contributed by atoms with E-state index in [1.54, 1.807) is 6.20 Å². The predicted molar refractivity (Wildman–Crippen MR) is 59.5 cm³/mol. The minimum Gasteiger partial charge on any atom is -0.327 e. The van der Waals surface area contributed by atoms with Crippen LogP contribution >= 0.6 is 11.6 Å². The van der Waals surface area contributed by atoms with Crippen LogP contribution in [0, 0.1) is 0 Å². The van der Waals surface area contributed by atoms with Crippen molar-refractivity contribution in [2.24, 2.45) is 5.73 Å². The van der Waals surface area contributed by atoms with Gasteiger partial charge in [0.25, 0.3) is 0 Å². The highest BCUT2D eigenvalue weighted by molar-refractivity contribution is 6.28. The molecule has 4 nitrogen and oxygen atoms in total. The van der Waals surface area contributed by atoms with Crippen LogP contribution in [-0.4, -0.2) is 34.0 Å². The van der Waals surface area contributed by atoms with Crippen LogP contribution in [0.3, 0.4) is 0 Å². The first-order valence-corrected chi connectivity index (χ1v) is 5.57. The summed E-state index contributed by atoms with van der Waals surface area (Å²) in [5.74, 6) is 0. The summed E-state index contributed by atoms with van der Waals surface area (Å²) in [6.07, 6.45) is 3.98. The summed E-state index contributed by atoms with van der Waals surface area (Å²) >= 11 is 5.73. The third kappa shape index (κ3) is 3.12. The molecule has 1 aromatic heterocycles. The van der Waals surface area contributed by atoms with Crippen molar-refractivity contribution >= 4 is 11.6 Å². The van der Waals surface area contributed by atoms with Crippen molar-refractivity contribution in [1.82, 2.24) is 14.9 Å². The Labute approximate surface area is 94.5 Å².